The summed E-state index contributed by atoms with van der Waals surface area (Å²) in [4.78, 5) is 17.3. The molecule has 0 amide bonds. The van der Waals surface area contributed by atoms with Crippen molar-refractivity contribution in [2.24, 2.45) is 7.05 Å². The van der Waals surface area contributed by atoms with Gasteiger partial charge in [0.25, 0.3) is 5.56 Å². The predicted octanol–water partition coefficient (Wildman–Crippen LogP) is 3.75. The normalized spacial score (nSPS) is 11.1. The molecule has 0 aliphatic heterocycles. The molecule has 0 saturated heterocycles. The summed E-state index contributed by atoms with van der Waals surface area (Å²) in [6.45, 7) is 0. The average Bonchev–Trinajstić information content (AvgIpc) is 2.58. The van der Waals surface area contributed by atoms with Crippen molar-refractivity contribution in [3.63, 3.8) is 0 Å². The number of aromatic nitrogens is 2. The first-order valence-corrected chi connectivity index (χ1v) is 7.19. The van der Waals surface area contributed by atoms with Crippen molar-refractivity contribution in [1.82, 2.24) is 9.55 Å². The highest BCUT2D eigenvalue weighted by Crippen LogP contribution is 2.27. The molecule has 22 heavy (non-hydrogen) atoms. The molecule has 4 aromatic rings. The van der Waals surface area contributed by atoms with Crippen molar-refractivity contribution in [3.8, 4) is 11.4 Å². The highest BCUT2D eigenvalue weighted by molar-refractivity contribution is 5.95. The van der Waals surface area contributed by atoms with Crippen LogP contribution in [0.3, 0.4) is 0 Å². The van der Waals surface area contributed by atoms with Gasteiger partial charge >= 0.3 is 0 Å². The molecule has 1 heterocycles. The zero-order chi connectivity index (χ0) is 15.1. The van der Waals surface area contributed by atoms with E-state index in [-0.39, 0.29) is 5.56 Å². The zero-order valence-corrected chi connectivity index (χ0v) is 12.2. The van der Waals surface area contributed by atoms with Crippen molar-refractivity contribution < 1.29 is 0 Å². The lowest BCUT2D eigenvalue weighted by atomic mass is 10.0. The van der Waals surface area contributed by atoms with Crippen molar-refractivity contribution in [3.05, 3.63) is 77.1 Å². The van der Waals surface area contributed by atoms with Crippen LogP contribution < -0.4 is 5.56 Å². The largest absolute Gasteiger partial charge is 0.295 e. The zero-order valence-electron chi connectivity index (χ0n) is 12.2. The van der Waals surface area contributed by atoms with Crippen LogP contribution in [0.4, 0.5) is 0 Å². The van der Waals surface area contributed by atoms with Gasteiger partial charge in [0.15, 0.2) is 0 Å². The average molecular weight is 286 g/mol. The molecule has 0 N–H and O–H groups in total. The van der Waals surface area contributed by atoms with Crippen LogP contribution in [0, 0.1) is 0 Å². The van der Waals surface area contributed by atoms with E-state index in [1.165, 1.54) is 0 Å². The Hall–Kier alpha value is -2.94. The summed E-state index contributed by atoms with van der Waals surface area (Å²) in [7, 11) is 1.78. The molecule has 0 fully saturated rings. The monoisotopic (exact) mass is 286 g/mol. The Morgan fingerprint density at radius 2 is 1.50 bits per heavy atom. The Labute approximate surface area is 127 Å². The molecule has 0 spiro atoms. The van der Waals surface area contributed by atoms with Crippen LogP contribution in [-0.4, -0.2) is 9.55 Å². The maximum absolute atomic E-state index is 12.6. The molecule has 3 aromatic carbocycles. The third-order valence-electron chi connectivity index (χ3n) is 4.01. The number of rotatable bonds is 1. The number of hydrogen-bond acceptors (Lipinski definition) is 2. The maximum atomic E-state index is 12.6. The van der Waals surface area contributed by atoms with Gasteiger partial charge in [0, 0.05) is 12.6 Å². The quantitative estimate of drug-likeness (QED) is 0.534. The summed E-state index contributed by atoms with van der Waals surface area (Å²) in [5.74, 6) is 0.695. The van der Waals surface area contributed by atoms with E-state index in [4.69, 9.17) is 4.98 Å². The van der Waals surface area contributed by atoms with E-state index in [0.29, 0.717) is 11.2 Å². The Balaban J connectivity index is 2.13. The van der Waals surface area contributed by atoms with Gasteiger partial charge in [0.05, 0.1) is 10.9 Å². The van der Waals surface area contributed by atoms with Crippen molar-refractivity contribution in [1.29, 1.82) is 0 Å². The van der Waals surface area contributed by atoms with E-state index in [1.807, 2.05) is 48.5 Å². The molecular weight excluding hydrogens is 272 g/mol. The fourth-order valence-corrected chi connectivity index (χ4v) is 2.88. The van der Waals surface area contributed by atoms with Crippen LogP contribution >= 0.6 is 0 Å². The Kier molecular flexibility index (Phi) is 2.79. The highest BCUT2D eigenvalue weighted by atomic mass is 16.1. The molecule has 0 bridgehead atoms. The smallest absolute Gasteiger partial charge is 0.261 e. The van der Waals surface area contributed by atoms with Crippen molar-refractivity contribution in [2.75, 3.05) is 0 Å². The van der Waals surface area contributed by atoms with Gasteiger partial charge in [-0.05, 0) is 22.9 Å². The third kappa shape index (κ3) is 1.83. The van der Waals surface area contributed by atoms with Crippen molar-refractivity contribution >= 4 is 21.7 Å². The van der Waals surface area contributed by atoms with Gasteiger partial charge in [0.2, 0.25) is 0 Å². The van der Waals surface area contributed by atoms with Crippen LogP contribution in [0.5, 0.6) is 0 Å². The maximum Gasteiger partial charge on any atom is 0.261 e. The summed E-state index contributed by atoms with van der Waals surface area (Å²) in [6.07, 6.45) is 0. The molecule has 1 aromatic heterocycles. The van der Waals surface area contributed by atoms with Gasteiger partial charge in [-0.1, -0.05) is 54.6 Å². The second-order valence-electron chi connectivity index (χ2n) is 5.34. The van der Waals surface area contributed by atoms with E-state index in [0.717, 1.165) is 21.9 Å². The fraction of sp³-hybridized carbons (Fsp3) is 0.0526. The predicted molar refractivity (Wildman–Crippen MR) is 89.9 cm³/mol. The first-order valence-electron chi connectivity index (χ1n) is 7.19. The number of para-hydroxylation sites is 1. The van der Waals surface area contributed by atoms with Gasteiger partial charge in [-0.25, -0.2) is 4.98 Å². The highest BCUT2D eigenvalue weighted by Gasteiger charge is 2.11. The van der Waals surface area contributed by atoms with Gasteiger partial charge in [0.1, 0.15) is 5.82 Å². The molecule has 0 radical (unpaired) electrons. The number of hydrogen-bond donors (Lipinski definition) is 0. The molecule has 106 valence electrons. The molecule has 0 unspecified atom stereocenters. The molecule has 3 heteroatoms. The minimum atomic E-state index is -0.0199. The Bertz CT molecular complexity index is 1060. The van der Waals surface area contributed by atoms with Crippen molar-refractivity contribution in [2.45, 2.75) is 0 Å². The summed E-state index contributed by atoms with van der Waals surface area (Å²) >= 11 is 0. The van der Waals surface area contributed by atoms with E-state index in [9.17, 15) is 4.79 Å². The van der Waals surface area contributed by atoms with E-state index >= 15 is 0 Å². The fourth-order valence-electron chi connectivity index (χ4n) is 2.88. The lowest BCUT2D eigenvalue weighted by Crippen LogP contribution is -2.20. The second kappa shape index (κ2) is 4.81. The minimum Gasteiger partial charge on any atom is -0.295 e. The molecule has 4 rings (SSSR count). The van der Waals surface area contributed by atoms with Crippen LogP contribution in [0.2, 0.25) is 0 Å². The van der Waals surface area contributed by atoms with Gasteiger partial charge in [-0.3, -0.25) is 9.36 Å². The lowest BCUT2D eigenvalue weighted by Gasteiger charge is -2.11. The minimum absolute atomic E-state index is 0.0199. The standard InChI is InChI=1S/C19H14N2O/c1-21-18(20-17-12-5-4-10-16(17)19(21)22)15-11-6-8-13-7-2-3-9-14(13)15/h2-12H,1H3. The summed E-state index contributed by atoms with van der Waals surface area (Å²) in [5, 5.41) is 2.89. The SMILES string of the molecule is Cn1c(-c2cccc3ccccc23)nc2ccccc2c1=O. The van der Waals surface area contributed by atoms with Crippen LogP contribution in [-0.2, 0) is 7.05 Å². The lowest BCUT2D eigenvalue weighted by molar-refractivity contribution is 0.857. The third-order valence-corrected chi connectivity index (χ3v) is 4.01. The number of nitrogens with zero attached hydrogens (tertiary/aromatic N) is 2. The first kappa shape index (κ1) is 12.8. The van der Waals surface area contributed by atoms with Gasteiger partial charge < -0.3 is 0 Å². The molecule has 3 nitrogen and oxygen atoms in total. The number of fused-ring (bicyclic) bond motifs is 2. The molecule has 0 aliphatic carbocycles. The van der Waals surface area contributed by atoms with Gasteiger partial charge in [-0.15, -0.1) is 0 Å². The van der Waals surface area contributed by atoms with Crippen LogP contribution in [0.1, 0.15) is 0 Å². The second-order valence-corrected chi connectivity index (χ2v) is 5.34. The summed E-state index contributed by atoms with van der Waals surface area (Å²) in [6, 6.07) is 21.7. The van der Waals surface area contributed by atoms with E-state index in [1.54, 1.807) is 11.6 Å². The Morgan fingerprint density at radius 1 is 0.818 bits per heavy atom. The molecule has 0 atom stereocenters. The topological polar surface area (TPSA) is 34.9 Å². The van der Waals surface area contributed by atoms with E-state index in [2.05, 4.69) is 18.2 Å². The van der Waals surface area contributed by atoms with E-state index < -0.39 is 0 Å². The number of benzene rings is 3. The molecule has 0 saturated carbocycles. The summed E-state index contributed by atoms with van der Waals surface area (Å²) < 4.78 is 1.63. The van der Waals surface area contributed by atoms with Crippen LogP contribution in [0.25, 0.3) is 33.1 Å². The first-order chi connectivity index (χ1) is 10.8. The Morgan fingerprint density at radius 3 is 2.36 bits per heavy atom. The van der Waals surface area contributed by atoms with Gasteiger partial charge in [-0.2, -0.15) is 0 Å². The summed E-state index contributed by atoms with van der Waals surface area (Å²) in [5.41, 5.74) is 1.69. The van der Waals surface area contributed by atoms with Crippen LogP contribution in [0.15, 0.2) is 71.5 Å². The molecule has 0 aliphatic rings. The molecular formula is C19H14N2O.